The van der Waals surface area contributed by atoms with Crippen LogP contribution in [0.2, 0.25) is 0 Å². The van der Waals surface area contributed by atoms with Crippen LogP contribution in [-0.4, -0.2) is 59.5 Å². The summed E-state index contributed by atoms with van der Waals surface area (Å²) in [7, 11) is 1.98. The maximum absolute atomic E-state index is 9.39. The van der Waals surface area contributed by atoms with Crippen LogP contribution in [0.4, 0.5) is 0 Å². The van der Waals surface area contributed by atoms with E-state index in [0.717, 1.165) is 12.1 Å². The van der Waals surface area contributed by atoms with Gasteiger partial charge >= 0.3 is 0 Å². The second kappa shape index (κ2) is 14.5. The van der Waals surface area contributed by atoms with Gasteiger partial charge in [-0.15, -0.1) is 0 Å². The van der Waals surface area contributed by atoms with Gasteiger partial charge in [0.2, 0.25) is 0 Å². The van der Waals surface area contributed by atoms with Crippen LogP contribution in [-0.2, 0) is 0 Å². The molecule has 0 rings (SSSR count). The van der Waals surface area contributed by atoms with Crippen LogP contribution in [0.25, 0.3) is 0 Å². The smallest absolute Gasteiger partial charge is 0.195 e. The first-order valence-electron chi connectivity index (χ1n) is 9.71. The lowest BCUT2D eigenvalue weighted by atomic mass is 10.2. The number of nitrogens with zero attached hydrogens (tertiary/aromatic N) is 4. The Morgan fingerprint density at radius 3 is 2.43 bits per heavy atom. The first-order chi connectivity index (χ1) is 13.3. The molecule has 1 atom stereocenters. The topological polar surface area (TPSA) is 89.5 Å². The first kappa shape index (κ1) is 25.5. The molecule has 0 aromatic rings. The number of hydrogen-bond donors (Lipinski definition) is 3. The highest BCUT2D eigenvalue weighted by atomic mass is 16.3. The van der Waals surface area contributed by atoms with E-state index in [4.69, 9.17) is 5.73 Å². The number of nitrogens with two attached hydrogens (primary N) is 1. The monoisotopic (exact) mass is 390 g/mol. The molecule has 0 radical (unpaired) electrons. The minimum Gasteiger partial charge on any atom is -0.394 e. The van der Waals surface area contributed by atoms with Crippen molar-refractivity contribution in [3.8, 4) is 0 Å². The molecule has 28 heavy (non-hydrogen) atoms. The summed E-state index contributed by atoms with van der Waals surface area (Å²) in [6.07, 6.45) is 11.8. The van der Waals surface area contributed by atoms with Crippen molar-refractivity contribution >= 4 is 12.3 Å². The number of aliphatic hydroxyl groups is 1. The van der Waals surface area contributed by atoms with E-state index < -0.39 is 0 Å². The van der Waals surface area contributed by atoms with Crippen molar-refractivity contribution in [1.82, 2.24) is 15.1 Å². The molecule has 0 aromatic heterocycles. The van der Waals surface area contributed by atoms with E-state index in [2.05, 4.69) is 35.7 Å². The van der Waals surface area contributed by atoms with Crippen molar-refractivity contribution in [3.63, 3.8) is 0 Å². The van der Waals surface area contributed by atoms with E-state index in [9.17, 15) is 5.11 Å². The number of nitrogens with one attached hydrogen (secondary N) is 1. The van der Waals surface area contributed by atoms with Crippen LogP contribution in [0, 0.1) is 0 Å². The van der Waals surface area contributed by atoms with Gasteiger partial charge in [0.15, 0.2) is 11.8 Å². The maximum atomic E-state index is 9.39. The molecule has 0 fully saturated rings. The average molecular weight is 391 g/mol. The van der Waals surface area contributed by atoms with Gasteiger partial charge in [-0.3, -0.25) is 0 Å². The van der Waals surface area contributed by atoms with Crippen LogP contribution >= 0.6 is 0 Å². The van der Waals surface area contributed by atoms with Crippen molar-refractivity contribution in [3.05, 3.63) is 48.6 Å². The standard InChI is InChI=1S/C21H38N6O/c1-8-11-12-13-14-27(10-3)20(18(6)23-16-26(7)17(4)5)25-21(22)24-19(9-2)15-28/h8,11-14,16-17,19,28H,1,9-10,15H2,2-7H3,(H3,22,24,25)/b12-11-,14-13+,20-18-,23-16-/t19-/m1/s1. The fourth-order valence-corrected chi connectivity index (χ4v) is 1.98. The summed E-state index contributed by atoms with van der Waals surface area (Å²) in [5, 5.41) is 12.4. The zero-order chi connectivity index (χ0) is 21.5. The molecule has 0 amide bonds. The Morgan fingerprint density at radius 2 is 1.93 bits per heavy atom. The number of hydrogen-bond acceptors (Lipinski definition) is 4. The highest BCUT2D eigenvalue weighted by molar-refractivity contribution is 5.79. The Kier molecular flexibility index (Phi) is 13.2. The van der Waals surface area contributed by atoms with Gasteiger partial charge in [0.05, 0.1) is 24.7 Å². The van der Waals surface area contributed by atoms with E-state index in [0.29, 0.717) is 18.4 Å². The zero-order valence-corrected chi connectivity index (χ0v) is 18.3. The maximum Gasteiger partial charge on any atom is 0.195 e. The third-order valence-electron chi connectivity index (χ3n) is 4.10. The fraction of sp³-hybridized carbons (Fsp3) is 0.524. The van der Waals surface area contributed by atoms with Gasteiger partial charge in [-0.2, -0.15) is 4.99 Å². The molecule has 4 N–H and O–H groups in total. The van der Waals surface area contributed by atoms with Gasteiger partial charge in [-0.05, 0) is 40.2 Å². The summed E-state index contributed by atoms with van der Waals surface area (Å²) in [6, 6.07) is 0.207. The third-order valence-corrected chi connectivity index (χ3v) is 4.10. The van der Waals surface area contributed by atoms with E-state index in [-0.39, 0.29) is 18.6 Å². The van der Waals surface area contributed by atoms with Gasteiger partial charge in [0.1, 0.15) is 0 Å². The highest BCUT2D eigenvalue weighted by Gasteiger charge is 2.11. The number of allylic oxidation sites excluding steroid dienone is 5. The summed E-state index contributed by atoms with van der Waals surface area (Å²) in [5.41, 5.74) is 6.82. The van der Waals surface area contributed by atoms with E-state index in [1.54, 1.807) is 12.4 Å². The first-order valence-corrected chi connectivity index (χ1v) is 9.71. The van der Waals surface area contributed by atoms with E-state index in [1.165, 1.54) is 0 Å². The van der Waals surface area contributed by atoms with Crippen LogP contribution in [0.5, 0.6) is 0 Å². The third kappa shape index (κ3) is 9.97. The molecular weight excluding hydrogens is 352 g/mol. The molecule has 0 aromatic carbocycles. The molecule has 0 aliphatic carbocycles. The number of guanidine groups is 1. The SMILES string of the molecule is C=C/C=C\C=C\N(CC)C(/N=C(\N)N[C@H](CC)CO)=C(C)\N=C/N(C)C(C)C. The lowest BCUT2D eigenvalue weighted by Crippen LogP contribution is -2.42. The van der Waals surface area contributed by atoms with Gasteiger partial charge in [-0.25, -0.2) is 4.99 Å². The second-order valence-electron chi connectivity index (χ2n) is 6.59. The summed E-state index contributed by atoms with van der Waals surface area (Å²) in [4.78, 5) is 13.1. The Bertz CT molecular complexity index is 600. The average Bonchev–Trinajstić information content (AvgIpc) is 2.68. The fourth-order valence-electron chi connectivity index (χ4n) is 1.98. The van der Waals surface area contributed by atoms with Crippen LogP contribution in [0.1, 0.15) is 41.0 Å². The van der Waals surface area contributed by atoms with Crippen LogP contribution < -0.4 is 11.1 Å². The summed E-state index contributed by atoms with van der Waals surface area (Å²) >= 11 is 0. The molecule has 0 aliphatic heterocycles. The molecule has 158 valence electrons. The molecule has 0 unspecified atom stereocenters. The molecule has 0 bridgehead atoms. The predicted molar refractivity (Wildman–Crippen MR) is 121 cm³/mol. The summed E-state index contributed by atoms with van der Waals surface area (Å²) < 4.78 is 0. The van der Waals surface area contributed by atoms with E-state index in [1.807, 2.05) is 62.0 Å². The predicted octanol–water partition coefficient (Wildman–Crippen LogP) is 2.80. The molecular formula is C21H38N6O. The summed E-state index contributed by atoms with van der Waals surface area (Å²) in [5.74, 6) is 0.882. The molecule has 0 heterocycles. The van der Waals surface area contributed by atoms with Crippen molar-refractivity contribution in [2.75, 3.05) is 20.2 Å². The molecule has 0 aliphatic rings. The largest absolute Gasteiger partial charge is 0.394 e. The minimum atomic E-state index is -0.137. The Balaban J connectivity index is 5.91. The lowest BCUT2D eigenvalue weighted by Gasteiger charge is -2.22. The zero-order valence-electron chi connectivity index (χ0n) is 18.3. The number of aliphatic imine (C=N–C) groups is 2. The second-order valence-corrected chi connectivity index (χ2v) is 6.59. The molecule has 0 spiro atoms. The Labute approximate surface area is 170 Å². The molecule has 0 saturated carbocycles. The van der Waals surface area contributed by atoms with Gasteiger partial charge in [0, 0.05) is 25.8 Å². The van der Waals surface area contributed by atoms with E-state index >= 15 is 0 Å². The van der Waals surface area contributed by atoms with Crippen molar-refractivity contribution in [1.29, 1.82) is 0 Å². The van der Waals surface area contributed by atoms with Crippen LogP contribution in [0.15, 0.2) is 58.6 Å². The van der Waals surface area contributed by atoms with Gasteiger partial charge in [-0.1, -0.05) is 31.7 Å². The highest BCUT2D eigenvalue weighted by Crippen LogP contribution is 2.14. The normalized spacial score (nSPS) is 14.8. The lowest BCUT2D eigenvalue weighted by molar-refractivity contribution is 0.252. The van der Waals surface area contributed by atoms with Gasteiger partial charge < -0.3 is 26.0 Å². The Morgan fingerprint density at radius 1 is 1.25 bits per heavy atom. The van der Waals surface area contributed by atoms with Crippen LogP contribution in [0.3, 0.4) is 0 Å². The number of rotatable bonds is 12. The number of aliphatic hydroxyl groups excluding tert-OH is 1. The van der Waals surface area contributed by atoms with Crippen molar-refractivity contribution in [2.24, 2.45) is 15.7 Å². The van der Waals surface area contributed by atoms with Crippen molar-refractivity contribution < 1.29 is 5.11 Å². The van der Waals surface area contributed by atoms with Crippen molar-refractivity contribution in [2.45, 2.75) is 53.1 Å². The molecule has 7 nitrogen and oxygen atoms in total. The minimum absolute atomic E-state index is 0.00811. The Hall–Kier alpha value is -2.54. The quantitative estimate of drug-likeness (QED) is 0.271. The van der Waals surface area contributed by atoms with Gasteiger partial charge in [0.25, 0.3) is 0 Å². The summed E-state index contributed by atoms with van der Waals surface area (Å²) in [6.45, 7) is 14.4. The molecule has 7 heteroatoms. The molecule has 0 saturated heterocycles.